The number of esters is 1. The third kappa shape index (κ3) is 10.0. The van der Waals surface area contributed by atoms with Crippen molar-refractivity contribution in [1.29, 1.82) is 0 Å². The van der Waals surface area contributed by atoms with Gasteiger partial charge in [-0.1, -0.05) is 97.1 Å². The first-order valence-electron chi connectivity index (χ1n) is 17.8. The van der Waals surface area contributed by atoms with E-state index in [0.717, 1.165) is 22.4 Å². The lowest BCUT2D eigenvalue weighted by molar-refractivity contribution is -0.116. The van der Waals surface area contributed by atoms with Crippen LogP contribution in [-0.2, 0) is 14.3 Å². The van der Waals surface area contributed by atoms with Crippen LogP contribution in [0.2, 0.25) is 0 Å². The minimum absolute atomic E-state index is 0.0549. The van der Waals surface area contributed by atoms with Crippen LogP contribution in [0.15, 0.2) is 155 Å². The predicted octanol–water partition coefficient (Wildman–Crippen LogP) is 9.54. The fourth-order valence-electron chi connectivity index (χ4n) is 5.72. The maximum absolute atomic E-state index is 14.2. The van der Waals surface area contributed by atoms with Gasteiger partial charge in [-0.3, -0.25) is 14.4 Å². The van der Waals surface area contributed by atoms with E-state index < -0.39 is 23.0 Å². The quantitative estimate of drug-likeness (QED) is 0.0573. The zero-order valence-electron chi connectivity index (χ0n) is 31.0. The molecular formula is C45H40N4O5S2. The van der Waals surface area contributed by atoms with Crippen LogP contribution in [0.5, 0.6) is 0 Å². The van der Waals surface area contributed by atoms with Crippen LogP contribution in [-0.4, -0.2) is 44.4 Å². The number of hydrogen-bond donors (Lipinski definition) is 3. The molecule has 6 rings (SSSR count). The lowest BCUT2D eigenvalue weighted by atomic mass is 10.0. The zero-order chi connectivity index (χ0) is 39.4. The van der Waals surface area contributed by atoms with E-state index in [1.165, 1.54) is 23.1 Å². The Hall–Kier alpha value is -6.43. The SMILES string of the molecule is CCOC(=O)c1c(-c2ccccc2)csc1NC(=O)C(Sc1cccc(NC(=O)/C(=C\c2ccc(N(C)C)cc2)NC(=O)c2ccccc2)c1)c1ccccc1. The van der Waals surface area contributed by atoms with Crippen molar-refractivity contribution in [2.75, 3.05) is 36.2 Å². The summed E-state index contributed by atoms with van der Waals surface area (Å²) in [6, 6.07) is 42.3. The molecule has 6 aromatic rings. The molecule has 11 heteroatoms. The lowest BCUT2D eigenvalue weighted by Crippen LogP contribution is -2.30. The highest BCUT2D eigenvalue weighted by atomic mass is 32.2. The molecular weight excluding hydrogens is 741 g/mol. The molecule has 0 radical (unpaired) electrons. The third-order valence-corrected chi connectivity index (χ3v) is 10.7. The van der Waals surface area contributed by atoms with Gasteiger partial charge in [0.15, 0.2) is 0 Å². The van der Waals surface area contributed by atoms with Crippen molar-refractivity contribution in [3.8, 4) is 11.1 Å². The molecule has 0 aliphatic rings. The topological polar surface area (TPSA) is 117 Å². The van der Waals surface area contributed by atoms with Crippen molar-refractivity contribution >= 4 is 69.2 Å². The Morgan fingerprint density at radius 2 is 1.45 bits per heavy atom. The first-order chi connectivity index (χ1) is 27.2. The minimum Gasteiger partial charge on any atom is -0.462 e. The number of nitrogens with zero attached hydrogens (tertiary/aromatic N) is 1. The monoisotopic (exact) mass is 780 g/mol. The molecule has 282 valence electrons. The standard InChI is InChI=1S/C45H40N4O5S2/c1-4-54-45(53)39-37(31-15-8-5-9-16-31)29-55-44(39)48-43(52)40(32-17-10-6-11-18-32)56-36-22-14-21-34(28-36)46-42(51)38(47-41(50)33-19-12-7-13-20-33)27-30-23-25-35(26-24-30)49(2)3/h5-29,40H,4H2,1-3H3,(H,46,51)(H,47,50)(H,48,52)/b38-27+. The van der Waals surface area contributed by atoms with Gasteiger partial charge in [-0.25, -0.2) is 4.79 Å². The number of thiophene rings is 1. The van der Waals surface area contributed by atoms with E-state index in [-0.39, 0.29) is 18.2 Å². The smallest absolute Gasteiger partial charge is 0.341 e. The van der Waals surface area contributed by atoms with Gasteiger partial charge in [-0.05, 0) is 72.2 Å². The van der Waals surface area contributed by atoms with Gasteiger partial charge in [-0.2, -0.15) is 0 Å². The van der Waals surface area contributed by atoms with Crippen molar-refractivity contribution in [2.24, 2.45) is 0 Å². The second-order valence-corrected chi connectivity index (χ2v) is 14.7. The van der Waals surface area contributed by atoms with Gasteiger partial charge in [0.1, 0.15) is 21.5 Å². The number of benzene rings is 5. The number of hydrogen-bond acceptors (Lipinski definition) is 8. The van der Waals surface area contributed by atoms with Gasteiger partial charge in [0.05, 0.1) is 6.61 Å². The van der Waals surface area contributed by atoms with Crippen LogP contribution < -0.4 is 20.9 Å². The summed E-state index contributed by atoms with van der Waals surface area (Å²) < 4.78 is 5.41. The zero-order valence-corrected chi connectivity index (χ0v) is 32.7. The van der Waals surface area contributed by atoms with Gasteiger partial charge in [0, 0.05) is 46.9 Å². The summed E-state index contributed by atoms with van der Waals surface area (Å²) in [5.41, 5.74) is 5.20. The summed E-state index contributed by atoms with van der Waals surface area (Å²) in [6.07, 6.45) is 1.63. The second kappa shape index (κ2) is 18.7. The van der Waals surface area contributed by atoms with Gasteiger partial charge in [-0.15, -0.1) is 23.1 Å². The molecule has 0 aliphatic heterocycles. The maximum atomic E-state index is 14.2. The second-order valence-electron chi connectivity index (χ2n) is 12.7. The van der Waals surface area contributed by atoms with E-state index in [1.54, 1.807) is 55.5 Å². The van der Waals surface area contributed by atoms with Crippen molar-refractivity contribution in [2.45, 2.75) is 17.1 Å². The maximum Gasteiger partial charge on any atom is 0.341 e. The fraction of sp³-hybridized carbons (Fsp3) is 0.111. The molecule has 0 aliphatic carbocycles. The molecule has 0 saturated carbocycles. The molecule has 1 atom stereocenters. The number of nitrogens with one attached hydrogen (secondary N) is 3. The summed E-state index contributed by atoms with van der Waals surface area (Å²) in [6.45, 7) is 1.93. The number of rotatable bonds is 14. The Labute approximate surface area is 334 Å². The van der Waals surface area contributed by atoms with E-state index in [4.69, 9.17) is 4.74 Å². The summed E-state index contributed by atoms with van der Waals surface area (Å²) in [5.74, 6) is -1.81. The summed E-state index contributed by atoms with van der Waals surface area (Å²) in [4.78, 5) is 57.2. The first-order valence-corrected chi connectivity index (χ1v) is 19.6. The Kier molecular flexibility index (Phi) is 13.1. The molecule has 0 fully saturated rings. The Balaban J connectivity index is 1.26. The fourth-order valence-corrected chi connectivity index (χ4v) is 7.77. The van der Waals surface area contributed by atoms with Crippen LogP contribution in [0.25, 0.3) is 17.2 Å². The molecule has 0 spiro atoms. The molecule has 56 heavy (non-hydrogen) atoms. The molecule has 0 bridgehead atoms. The highest BCUT2D eigenvalue weighted by molar-refractivity contribution is 8.00. The van der Waals surface area contributed by atoms with Gasteiger partial charge >= 0.3 is 5.97 Å². The average Bonchev–Trinajstić information content (AvgIpc) is 3.64. The van der Waals surface area contributed by atoms with Gasteiger partial charge in [0.2, 0.25) is 5.91 Å². The van der Waals surface area contributed by atoms with E-state index in [9.17, 15) is 19.2 Å². The molecule has 1 aromatic heterocycles. The Morgan fingerprint density at radius 1 is 0.786 bits per heavy atom. The summed E-state index contributed by atoms with van der Waals surface area (Å²) in [7, 11) is 3.88. The molecule has 3 N–H and O–H groups in total. The minimum atomic E-state index is -0.731. The van der Waals surface area contributed by atoms with Crippen molar-refractivity contribution in [3.05, 3.63) is 173 Å². The van der Waals surface area contributed by atoms with E-state index in [1.807, 2.05) is 121 Å². The van der Waals surface area contributed by atoms with Crippen LogP contribution in [0.4, 0.5) is 16.4 Å². The third-order valence-electron chi connectivity index (χ3n) is 8.53. The number of thioether (sulfide) groups is 1. The summed E-state index contributed by atoms with van der Waals surface area (Å²) in [5, 5.41) is 10.2. The summed E-state index contributed by atoms with van der Waals surface area (Å²) >= 11 is 2.56. The molecule has 3 amide bonds. The molecule has 0 saturated heterocycles. The van der Waals surface area contributed by atoms with Gasteiger partial charge < -0.3 is 25.6 Å². The predicted molar refractivity (Wildman–Crippen MR) is 227 cm³/mol. The van der Waals surface area contributed by atoms with Crippen LogP contribution in [0.1, 0.15) is 44.0 Å². The van der Waals surface area contributed by atoms with Crippen LogP contribution in [0.3, 0.4) is 0 Å². The first kappa shape index (κ1) is 39.3. The molecule has 1 unspecified atom stereocenters. The highest BCUT2D eigenvalue weighted by Gasteiger charge is 2.27. The van der Waals surface area contributed by atoms with Crippen molar-refractivity contribution < 1.29 is 23.9 Å². The Morgan fingerprint density at radius 3 is 2.11 bits per heavy atom. The van der Waals surface area contributed by atoms with Crippen molar-refractivity contribution in [1.82, 2.24) is 5.32 Å². The number of amides is 3. The molecule has 1 heterocycles. The highest BCUT2D eigenvalue weighted by Crippen LogP contribution is 2.40. The number of ether oxygens (including phenoxy) is 1. The van der Waals surface area contributed by atoms with Crippen molar-refractivity contribution in [3.63, 3.8) is 0 Å². The molecule has 5 aromatic carbocycles. The lowest BCUT2D eigenvalue weighted by Gasteiger charge is -2.18. The van der Waals surface area contributed by atoms with E-state index >= 15 is 0 Å². The van der Waals surface area contributed by atoms with E-state index in [0.29, 0.717) is 32.3 Å². The largest absolute Gasteiger partial charge is 0.462 e. The van der Waals surface area contributed by atoms with Crippen LogP contribution in [0, 0.1) is 0 Å². The number of anilines is 3. The average molecular weight is 781 g/mol. The molecule has 9 nitrogen and oxygen atoms in total. The number of carbonyl (C=O) groups is 4. The van der Waals surface area contributed by atoms with Crippen LogP contribution >= 0.6 is 23.1 Å². The Bertz CT molecular complexity index is 2330. The van der Waals surface area contributed by atoms with Gasteiger partial charge in [0.25, 0.3) is 11.8 Å². The van der Waals surface area contributed by atoms with E-state index in [2.05, 4.69) is 16.0 Å². The number of carbonyl (C=O) groups excluding carboxylic acids is 4. The normalized spacial score (nSPS) is 11.6.